The van der Waals surface area contributed by atoms with Gasteiger partial charge in [-0.15, -0.1) is 0 Å². The van der Waals surface area contributed by atoms with Gasteiger partial charge < -0.3 is 10.4 Å². The van der Waals surface area contributed by atoms with Crippen LogP contribution in [-0.4, -0.2) is 59.1 Å². The topological polar surface area (TPSA) is 89.9 Å². The molecule has 2 saturated heterocycles. The van der Waals surface area contributed by atoms with Crippen LogP contribution in [0.1, 0.15) is 52.4 Å². The number of hydrogen-bond acceptors (Lipinski definition) is 4. The van der Waals surface area contributed by atoms with E-state index < -0.39 is 11.9 Å². The van der Waals surface area contributed by atoms with Crippen LogP contribution in [0.25, 0.3) is 0 Å². The van der Waals surface area contributed by atoms with Crippen LogP contribution in [0.3, 0.4) is 0 Å². The summed E-state index contributed by atoms with van der Waals surface area (Å²) < 4.78 is 0. The zero-order valence-corrected chi connectivity index (χ0v) is 15.4. The predicted molar refractivity (Wildman–Crippen MR) is 93.5 cm³/mol. The van der Waals surface area contributed by atoms with Gasteiger partial charge in [-0.3, -0.25) is 24.4 Å². The van der Waals surface area contributed by atoms with Crippen molar-refractivity contribution in [1.82, 2.24) is 15.3 Å². The molecule has 2 heterocycles. The van der Waals surface area contributed by atoms with E-state index in [9.17, 15) is 14.4 Å². The second-order valence-electron chi connectivity index (χ2n) is 7.41. The Labute approximate surface area is 149 Å². The quantitative estimate of drug-likeness (QED) is 0.724. The molecule has 0 aliphatic carbocycles. The van der Waals surface area contributed by atoms with Gasteiger partial charge in [0, 0.05) is 19.4 Å². The highest BCUT2D eigenvalue weighted by atomic mass is 16.4. The first kappa shape index (κ1) is 19.7. The van der Waals surface area contributed by atoms with Gasteiger partial charge in [0.05, 0.1) is 12.5 Å². The van der Waals surface area contributed by atoms with Gasteiger partial charge in [0.25, 0.3) is 0 Å². The highest BCUT2D eigenvalue weighted by Gasteiger charge is 2.35. The van der Waals surface area contributed by atoms with E-state index in [2.05, 4.69) is 5.32 Å². The molecular weight excluding hydrogens is 322 g/mol. The lowest BCUT2D eigenvalue weighted by atomic mass is 9.86. The molecule has 142 valence electrons. The molecule has 0 aromatic heterocycles. The van der Waals surface area contributed by atoms with Gasteiger partial charge in [-0.1, -0.05) is 6.92 Å². The summed E-state index contributed by atoms with van der Waals surface area (Å²) in [6, 6.07) is 0. The smallest absolute Gasteiger partial charge is 0.308 e. The van der Waals surface area contributed by atoms with E-state index >= 15 is 0 Å². The van der Waals surface area contributed by atoms with Gasteiger partial charge in [0.2, 0.25) is 11.8 Å². The third-order valence-corrected chi connectivity index (χ3v) is 5.43. The van der Waals surface area contributed by atoms with E-state index in [0.29, 0.717) is 12.5 Å². The third-order valence-electron chi connectivity index (χ3n) is 5.43. The number of piperidine rings is 2. The first-order valence-electron chi connectivity index (χ1n) is 9.43. The van der Waals surface area contributed by atoms with E-state index in [4.69, 9.17) is 5.11 Å². The Balaban J connectivity index is 1.95. The van der Waals surface area contributed by atoms with E-state index in [-0.39, 0.29) is 24.3 Å². The number of carbonyl (C=O) groups excluding carboxylic acids is 2. The maximum Gasteiger partial charge on any atom is 0.308 e. The number of carbonyl (C=O) groups is 3. The number of amides is 2. The molecule has 0 saturated carbocycles. The minimum Gasteiger partial charge on any atom is -0.481 e. The van der Waals surface area contributed by atoms with Crippen LogP contribution in [0.4, 0.5) is 0 Å². The molecule has 2 N–H and O–H groups in total. The fraction of sp³-hybridized carbons (Fsp3) is 0.833. The molecule has 0 aromatic carbocycles. The number of hydrogen-bond donors (Lipinski definition) is 2. The van der Waals surface area contributed by atoms with Crippen molar-refractivity contribution >= 4 is 17.8 Å². The van der Waals surface area contributed by atoms with Crippen LogP contribution in [0.15, 0.2) is 0 Å². The molecule has 0 aromatic rings. The first-order chi connectivity index (χ1) is 11.9. The average Bonchev–Trinajstić information content (AvgIpc) is 2.59. The van der Waals surface area contributed by atoms with Crippen LogP contribution < -0.4 is 5.32 Å². The van der Waals surface area contributed by atoms with E-state index in [1.807, 2.05) is 0 Å². The number of hydrazine groups is 1. The number of nitrogens with zero attached hydrogens (tertiary/aromatic N) is 2. The summed E-state index contributed by atoms with van der Waals surface area (Å²) in [7, 11) is 0. The third kappa shape index (κ3) is 5.42. The zero-order chi connectivity index (χ0) is 18.4. The molecule has 0 spiro atoms. The Kier molecular flexibility index (Phi) is 7.23. The highest BCUT2D eigenvalue weighted by molar-refractivity contribution is 5.83. The molecular formula is C18H31N3O4. The summed E-state index contributed by atoms with van der Waals surface area (Å²) in [6.45, 7) is 5.59. The van der Waals surface area contributed by atoms with Crippen molar-refractivity contribution in [3.05, 3.63) is 0 Å². The summed E-state index contributed by atoms with van der Waals surface area (Å²) in [5.74, 6) is -1.33. The molecule has 0 bridgehead atoms. The molecule has 2 fully saturated rings. The predicted octanol–water partition coefficient (Wildman–Crippen LogP) is 1.49. The van der Waals surface area contributed by atoms with Crippen LogP contribution in [-0.2, 0) is 14.4 Å². The van der Waals surface area contributed by atoms with Gasteiger partial charge in [0.1, 0.15) is 0 Å². The van der Waals surface area contributed by atoms with Crippen LogP contribution in [0, 0.1) is 17.8 Å². The highest BCUT2D eigenvalue weighted by Crippen LogP contribution is 2.28. The summed E-state index contributed by atoms with van der Waals surface area (Å²) in [5.41, 5.74) is 0. The van der Waals surface area contributed by atoms with Gasteiger partial charge >= 0.3 is 5.97 Å². The fourth-order valence-corrected chi connectivity index (χ4v) is 3.78. The summed E-state index contributed by atoms with van der Waals surface area (Å²) in [4.78, 5) is 36.0. The lowest BCUT2D eigenvalue weighted by molar-refractivity contribution is -0.172. The number of carboxylic acid groups (broad SMARTS) is 1. The van der Waals surface area contributed by atoms with Crippen molar-refractivity contribution in [2.24, 2.45) is 17.8 Å². The second kappa shape index (κ2) is 9.17. The molecule has 2 atom stereocenters. The largest absolute Gasteiger partial charge is 0.481 e. The van der Waals surface area contributed by atoms with Gasteiger partial charge in [0.15, 0.2) is 0 Å². The van der Waals surface area contributed by atoms with Crippen LogP contribution in [0.5, 0.6) is 0 Å². The van der Waals surface area contributed by atoms with Crippen LogP contribution in [0.2, 0.25) is 0 Å². The molecule has 1 unspecified atom stereocenters. The van der Waals surface area contributed by atoms with E-state index in [0.717, 1.165) is 38.8 Å². The average molecular weight is 353 g/mol. The van der Waals surface area contributed by atoms with E-state index in [1.54, 1.807) is 6.92 Å². The zero-order valence-electron chi connectivity index (χ0n) is 15.4. The summed E-state index contributed by atoms with van der Waals surface area (Å²) in [5, 5.41) is 15.3. The van der Waals surface area contributed by atoms with Crippen molar-refractivity contribution in [2.75, 3.05) is 26.2 Å². The molecule has 2 rings (SSSR count). The van der Waals surface area contributed by atoms with Crippen molar-refractivity contribution in [1.29, 1.82) is 0 Å². The maximum atomic E-state index is 12.9. The second-order valence-corrected chi connectivity index (χ2v) is 7.41. The first-order valence-corrected chi connectivity index (χ1v) is 9.43. The maximum absolute atomic E-state index is 12.9. The van der Waals surface area contributed by atoms with Gasteiger partial charge in [-0.2, -0.15) is 0 Å². The SMILES string of the molecule is CC(=O)N(CC(C)C(=O)O)N1CCC[C@@H](CCC2CCNCC2)C1=O. The van der Waals surface area contributed by atoms with Crippen LogP contribution >= 0.6 is 0 Å². The Morgan fingerprint density at radius 1 is 1.28 bits per heavy atom. The van der Waals surface area contributed by atoms with Crippen molar-refractivity contribution in [3.63, 3.8) is 0 Å². The minimum atomic E-state index is -0.960. The molecule has 25 heavy (non-hydrogen) atoms. The van der Waals surface area contributed by atoms with E-state index in [1.165, 1.54) is 29.8 Å². The molecule has 7 heteroatoms. The molecule has 7 nitrogen and oxygen atoms in total. The normalized spacial score (nSPS) is 23.4. The lowest BCUT2D eigenvalue weighted by Crippen LogP contribution is -2.55. The molecule has 2 aliphatic rings. The van der Waals surface area contributed by atoms with Gasteiger partial charge in [-0.25, -0.2) is 0 Å². The van der Waals surface area contributed by atoms with Crippen molar-refractivity contribution in [2.45, 2.75) is 52.4 Å². The standard InChI is InChI=1S/C18H31N3O4/c1-13(18(24)25)12-21(14(2)22)20-11-3-4-16(17(20)23)6-5-15-7-9-19-10-8-15/h13,15-16,19H,3-12H2,1-2H3,(H,24,25)/t13?,16-/m0/s1. The summed E-state index contributed by atoms with van der Waals surface area (Å²) in [6.07, 6.45) is 5.97. The fourth-order valence-electron chi connectivity index (χ4n) is 3.78. The lowest BCUT2D eigenvalue weighted by Gasteiger charge is -2.40. The number of rotatable bonds is 7. The molecule has 0 radical (unpaired) electrons. The Bertz CT molecular complexity index is 491. The van der Waals surface area contributed by atoms with Crippen molar-refractivity contribution in [3.8, 4) is 0 Å². The van der Waals surface area contributed by atoms with Crippen molar-refractivity contribution < 1.29 is 19.5 Å². The monoisotopic (exact) mass is 353 g/mol. The van der Waals surface area contributed by atoms with Gasteiger partial charge in [-0.05, 0) is 57.5 Å². The Morgan fingerprint density at radius 3 is 2.56 bits per heavy atom. The minimum absolute atomic E-state index is 0.0204. The summed E-state index contributed by atoms with van der Waals surface area (Å²) >= 11 is 0. The molecule has 2 amide bonds. The number of carboxylic acids is 1. The Hall–Kier alpha value is -1.63. The Morgan fingerprint density at radius 2 is 1.96 bits per heavy atom. The number of nitrogens with one attached hydrogen (secondary N) is 1. The number of aliphatic carboxylic acids is 1. The molecule has 2 aliphatic heterocycles.